The summed E-state index contributed by atoms with van der Waals surface area (Å²) >= 11 is 0. The normalized spacial score (nSPS) is 19.3. The van der Waals surface area contributed by atoms with Crippen LogP contribution in [0.5, 0.6) is 5.75 Å². The lowest BCUT2D eigenvalue weighted by molar-refractivity contribution is -0.134. The fourth-order valence-electron chi connectivity index (χ4n) is 6.80. The number of ether oxygens (including phenoxy) is 1. The minimum Gasteiger partial charge on any atom is -0.481 e. The number of carboxylic acid groups (broad SMARTS) is 1. The van der Waals surface area contributed by atoms with Crippen LogP contribution in [0, 0.1) is 0 Å². The first-order valence-corrected chi connectivity index (χ1v) is 17.4. The van der Waals surface area contributed by atoms with Crippen LogP contribution in [-0.2, 0) is 4.79 Å². The minimum absolute atomic E-state index is 0. The molecule has 1 aromatic heterocycles. The van der Waals surface area contributed by atoms with E-state index in [9.17, 15) is 0 Å². The quantitative estimate of drug-likeness (QED) is 0.213. The summed E-state index contributed by atoms with van der Waals surface area (Å²) in [7, 11) is 0. The Labute approximate surface area is 304 Å². The second-order valence-corrected chi connectivity index (χ2v) is 13.5. The summed E-state index contributed by atoms with van der Waals surface area (Å²) in [5, 5.41) is 9.88. The summed E-state index contributed by atoms with van der Waals surface area (Å²) < 4.78 is 6.23. The van der Waals surface area contributed by atoms with E-state index in [1.165, 1.54) is 117 Å². The van der Waals surface area contributed by atoms with Crippen molar-refractivity contribution in [3.8, 4) is 5.75 Å². The number of hydrogen-bond donors (Lipinski definition) is 1. The Balaban J connectivity index is 0.000000170. The van der Waals surface area contributed by atoms with Gasteiger partial charge in [-0.15, -0.1) is 0 Å². The number of aliphatic carboxylic acids is 1. The maximum absolute atomic E-state index is 9.00. The molecule has 1 atom stereocenters. The number of likely N-dealkylation sites (tertiary alicyclic amines) is 1. The molecule has 0 radical (unpaired) electrons. The lowest BCUT2D eigenvalue weighted by Crippen LogP contribution is -2.44. The molecule has 0 bridgehead atoms. The number of anilines is 3. The van der Waals surface area contributed by atoms with E-state index in [1.807, 2.05) is 0 Å². The third kappa shape index (κ3) is 7.91. The van der Waals surface area contributed by atoms with Crippen LogP contribution in [0.15, 0.2) is 90.2 Å². The first-order valence-electron chi connectivity index (χ1n) is 17.4. The highest BCUT2D eigenvalue weighted by Crippen LogP contribution is 2.38. The molecule has 8 heteroatoms. The summed E-state index contributed by atoms with van der Waals surface area (Å²) in [4.78, 5) is 23.6. The highest BCUT2D eigenvalue weighted by molar-refractivity contribution is 5.95. The van der Waals surface area contributed by atoms with Gasteiger partial charge in [0.1, 0.15) is 11.5 Å². The van der Waals surface area contributed by atoms with E-state index in [1.54, 1.807) is 0 Å². The lowest BCUT2D eigenvalue weighted by atomic mass is 9.96. The maximum Gasteiger partial charge on any atom is 0.300 e. The van der Waals surface area contributed by atoms with Gasteiger partial charge >= 0.3 is 0 Å². The number of allylic oxidation sites excluding steroid dienone is 1. The SMILES string of the molecule is C.C.C.C1=CC(N2CCC2)C=C2Oc3cc(N4CCC4)ccc3C=C12.CC(=O)O.c1cc2cc3ccc(N4CCC4)cc3nc2cc1N1CCC1. The summed E-state index contributed by atoms with van der Waals surface area (Å²) in [6.07, 6.45) is 14.2. The number of fused-ring (bicyclic) bond motifs is 4. The first kappa shape index (κ1) is 37.4. The Morgan fingerprint density at radius 3 is 1.67 bits per heavy atom. The molecular formula is C43H55N5O3. The van der Waals surface area contributed by atoms with Gasteiger partial charge in [0.25, 0.3) is 5.97 Å². The van der Waals surface area contributed by atoms with Crippen molar-refractivity contribution in [3.05, 3.63) is 95.8 Å². The van der Waals surface area contributed by atoms with Crippen molar-refractivity contribution in [3.63, 3.8) is 0 Å². The fourth-order valence-corrected chi connectivity index (χ4v) is 6.80. The van der Waals surface area contributed by atoms with Gasteiger partial charge in [0.15, 0.2) is 0 Å². The van der Waals surface area contributed by atoms with Crippen LogP contribution >= 0.6 is 0 Å². The van der Waals surface area contributed by atoms with Gasteiger partial charge in [-0.3, -0.25) is 9.69 Å². The predicted molar refractivity (Wildman–Crippen MR) is 215 cm³/mol. The number of rotatable bonds is 4. The molecule has 10 rings (SSSR count). The van der Waals surface area contributed by atoms with Gasteiger partial charge < -0.3 is 24.5 Å². The third-order valence-corrected chi connectivity index (χ3v) is 10.2. The van der Waals surface area contributed by atoms with Crippen LogP contribution in [0.25, 0.3) is 27.9 Å². The van der Waals surface area contributed by atoms with Gasteiger partial charge in [-0.2, -0.15) is 0 Å². The molecule has 5 aliphatic heterocycles. The molecule has 4 fully saturated rings. The minimum atomic E-state index is -0.833. The van der Waals surface area contributed by atoms with Crippen LogP contribution in [0.3, 0.4) is 0 Å². The third-order valence-electron chi connectivity index (χ3n) is 10.2. The fraction of sp³-hybridized carbons (Fsp3) is 0.395. The highest BCUT2D eigenvalue weighted by atomic mass is 16.5. The Morgan fingerprint density at radius 1 is 0.706 bits per heavy atom. The van der Waals surface area contributed by atoms with Crippen LogP contribution in [-0.4, -0.2) is 79.4 Å². The van der Waals surface area contributed by atoms with Crippen molar-refractivity contribution in [2.24, 2.45) is 0 Å². The second-order valence-electron chi connectivity index (χ2n) is 13.5. The number of carboxylic acids is 1. The maximum atomic E-state index is 9.00. The van der Waals surface area contributed by atoms with E-state index in [4.69, 9.17) is 19.6 Å². The molecule has 6 heterocycles. The zero-order valence-corrected chi connectivity index (χ0v) is 27.6. The van der Waals surface area contributed by atoms with E-state index >= 15 is 0 Å². The predicted octanol–water partition coefficient (Wildman–Crippen LogP) is 9.01. The molecule has 0 amide bonds. The molecule has 3 aromatic carbocycles. The van der Waals surface area contributed by atoms with Crippen LogP contribution in [0.2, 0.25) is 0 Å². The van der Waals surface area contributed by atoms with Crippen molar-refractivity contribution >= 4 is 50.9 Å². The first-order chi connectivity index (χ1) is 23.5. The number of aromatic nitrogens is 1. The zero-order chi connectivity index (χ0) is 32.6. The number of pyridine rings is 1. The number of carbonyl (C=O) groups is 1. The van der Waals surface area contributed by atoms with Crippen LogP contribution in [0.1, 0.15) is 60.5 Å². The van der Waals surface area contributed by atoms with Crippen molar-refractivity contribution in [2.45, 2.75) is 60.9 Å². The molecule has 6 aliphatic rings. The second kappa shape index (κ2) is 16.0. The molecule has 51 heavy (non-hydrogen) atoms. The Bertz CT molecular complexity index is 1880. The van der Waals surface area contributed by atoms with Crippen LogP contribution in [0.4, 0.5) is 17.1 Å². The average Bonchev–Trinajstić information content (AvgIpc) is 2.96. The van der Waals surface area contributed by atoms with Crippen molar-refractivity contribution in [2.75, 3.05) is 67.1 Å². The van der Waals surface area contributed by atoms with Gasteiger partial charge in [-0.1, -0.05) is 46.6 Å². The smallest absolute Gasteiger partial charge is 0.300 e. The van der Waals surface area contributed by atoms with E-state index in [-0.39, 0.29) is 22.3 Å². The standard InChI is InChI=1S/C19H19N3.C19H20N2O.C2H4O2.3CH4/c1-7-21(8-1)16-5-3-14-11-15-4-6-17(22-9-2-10-22)13-19(15)20-18(14)12-16;1-7-20(8-1)16-5-3-14-11-15-4-6-17(21-9-2-10-21)13-19(15)22-18(14)12-16;1-2(3)4;;;/h3-6,11-13H,1-2,7-10H2;3-6,11-13,16H,1-2,7-10H2;1H3,(H,3,4);3*1H4. The van der Waals surface area contributed by atoms with Crippen molar-refractivity contribution in [1.29, 1.82) is 0 Å². The van der Waals surface area contributed by atoms with Gasteiger partial charge in [0, 0.05) is 104 Å². The molecule has 4 aromatic rings. The number of hydrogen-bond acceptors (Lipinski definition) is 7. The monoisotopic (exact) mass is 689 g/mol. The van der Waals surface area contributed by atoms with E-state index < -0.39 is 5.97 Å². The van der Waals surface area contributed by atoms with Crippen LogP contribution < -0.4 is 19.4 Å². The molecule has 8 nitrogen and oxygen atoms in total. The molecule has 4 saturated heterocycles. The van der Waals surface area contributed by atoms with Gasteiger partial charge in [-0.05, 0) is 80.3 Å². The molecule has 270 valence electrons. The summed E-state index contributed by atoms with van der Waals surface area (Å²) in [6, 6.07) is 22.6. The van der Waals surface area contributed by atoms with Gasteiger partial charge in [0.05, 0.1) is 17.1 Å². The highest BCUT2D eigenvalue weighted by Gasteiger charge is 2.27. The molecule has 1 aliphatic carbocycles. The zero-order valence-electron chi connectivity index (χ0n) is 27.6. The largest absolute Gasteiger partial charge is 0.481 e. The molecule has 0 spiro atoms. The summed E-state index contributed by atoms with van der Waals surface area (Å²) in [5.74, 6) is 1.18. The summed E-state index contributed by atoms with van der Waals surface area (Å²) in [6.45, 7) is 10.5. The van der Waals surface area contributed by atoms with E-state index in [0.717, 1.165) is 29.5 Å². The van der Waals surface area contributed by atoms with E-state index in [0.29, 0.717) is 6.04 Å². The number of benzene rings is 3. The molecule has 0 saturated carbocycles. The lowest BCUT2D eigenvalue weighted by Gasteiger charge is -2.37. The molecule has 1 N–H and O–H groups in total. The average molecular weight is 690 g/mol. The number of nitrogens with zero attached hydrogens (tertiary/aromatic N) is 5. The molecule has 1 unspecified atom stereocenters. The summed E-state index contributed by atoms with van der Waals surface area (Å²) in [5.41, 5.74) is 8.50. The molecular weight excluding hydrogens is 635 g/mol. The van der Waals surface area contributed by atoms with E-state index in [2.05, 4.69) is 105 Å². The topological polar surface area (TPSA) is 72.4 Å². The van der Waals surface area contributed by atoms with Crippen molar-refractivity contribution in [1.82, 2.24) is 9.88 Å². The van der Waals surface area contributed by atoms with Gasteiger partial charge in [0.2, 0.25) is 0 Å². The Hall–Kier alpha value is -4.82. The Morgan fingerprint density at radius 2 is 1.20 bits per heavy atom. The Kier molecular flexibility index (Phi) is 11.8. The van der Waals surface area contributed by atoms with Crippen molar-refractivity contribution < 1.29 is 14.6 Å². The van der Waals surface area contributed by atoms with Gasteiger partial charge in [-0.25, -0.2) is 4.98 Å².